The summed E-state index contributed by atoms with van der Waals surface area (Å²) in [5.74, 6) is 1.24. The van der Waals surface area contributed by atoms with Crippen LogP contribution in [0.2, 0.25) is 0 Å². The van der Waals surface area contributed by atoms with Gasteiger partial charge in [-0.05, 0) is 59.5 Å². The van der Waals surface area contributed by atoms with Gasteiger partial charge in [-0.2, -0.15) is 0 Å². The van der Waals surface area contributed by atoms with Crippen LogP contribution in [0, 0.1) is 0 Å². The number of carbonyl (C=O) groups excluding carboxylic acids is 1. The lowest BCUT2D eigenvalue weighted by Crippen LogP contribution is -2.09. The highest BCUT2D eigenvalue weighted by Crippen LogP contribution is 2.37. The van der Waals surface area contributed by atoms with Crippen molar-refractivity contribution in [3.63, 3.8) is 0 Å². The lowest BCUT2D eigenvalue weighted by molar-refractivity contribution is 0.0519. The molecule has 1 N–H and O–H groups in total. The molecule has 0 aliphatic heterocycles. The van der Waals surface area contributed by atoms with Gasteiger partial charge < -0.3 is 19.2 Å². The maximum Gasteiger partial charge on any atom is 0.355 e. The highest BCUT2D eigenvalue weighted by atomic mass is 79.9. The minimum absolute atomic E-state index is 0.318. The SMILES string of the molecule is CCOC(=O)c1[nH]c2c(-c3ccccc3OC)cccc2c1CCCOc1ccccc1Br. The number of para-hydroxylation sites is 3. The molecule has 4 aromatic rings. The van der Waals surface area contributed by atoms with Crippen LogP contribution in [0.15, 0.2) is 71.2 Å². The molecule has 0 bridgehead atoms. The molecule has 3 aromatic carbocycles. The number of halogens is 1. The first kappa shape index (κ1) is 22.9. The van der Waals surface area contributed by atoms with Crippen LogP contribution in [0.4, 0.5) is 0 Å². The quantitative estimate of drug-likeness (QED) is 0.200. The summed E-state index contributed by atoms with van der Waals surface area (Å²) >= 11 is 3.51. The molecule has 0 unspecified atom stereocenters. The third-order valence-electron chi connectivity index (χ3n) is 5.48. The summed E-state index contributed by atoms with van der Waals surface area (Å²) in [7, 11) is 1.66. The number of esters is 1. The number of nitrogens with one attached hydrogen (secondary N) is 1. The Hall–Kier alpha value is -3.25. The van der Waals surface area contributed by atoms with Gasteiger partial charge in [-0.15, -0.1) is 0 Å². The van der Waals surface area contributed by atoms with Crippen LogP contribution < -0.4 is 9.47 Å². The summed E-state index contributed by atoms with van der Waals surface area (Å²) in [6, 6.07) is 21.7. The molecule has 170 valence electrons. The molecule has 6 heteroatoms. The van der Waals surface area contributed by atoms with Gasteiger partial charge in [0, 0.05) is 16.5 Å². The molecular weight excluding hydrogens is 482 g/mol. The van der Waals surface area contributed by atoms with Crippen LogP contribution in [0.25, 0.3) is 22.0 Å². The molecule has 5 nitrogen and oxygen atoms in total. The highest BCUT2D eigenvalue weighted by molar-refractivity contribution is 9.10. The van der Waals surface area contributed by atoms with Crippen molar-refractivity contribution in [2.45, 2.75) is 19.8 Å². The Morgan fingerprint density at radius 3 is 2.42 bits per heavy atom. The van der Waals surface area contributed by atoms with Gasteiger partial charge in [0.15, 0.2) is 0 Å². The largest absolute Gasteiger partial charge is 0.496 e. The van der Waals surface area contributed by atoms with Gasteiger partial charge >= 0.3 is 5.97 Å². The smallest absolute Gasteiger partial charge is 0.355 e. The Labute approximate surface area is 201 Å². The summed E-state index contributed by atoms with van der Waals surface area (Å²) < 4.78 is 17.8. The van der Waals surface area contributed by atoms with E-state index in [1.807, 2.05) is 73.7 Å². The minimum Gasteiger partial charge on any atom is -0.496 e. The number of methoxy groups -OCH3 is 1. The van der Waals surface area contributed by atoms with E-state index >= 15 is 0 Å². The predicted octanol–water partition coefficient (Wildman–Crippen LogP) is 6.79. The number of ether oxygens (including phenoxy) is 3. The normalized spacial score (nSPS) is 10.9. The van der Waals surface area contributed by atoms with Gasteiger partial charge in [-0.1, -0.05) is 48.5 Å². The Balaban J connectivity index is 1.67. The zero-order chi connectivity index (χ0) is 23.2. The van der Waals surface area contributed by atoms with Gasteiger partial charge in [-0.3, -0.25) is 0 Å². The van der Waals surface area contributed by atoms with E-state index in [2.05, 4.69) is 20.9 Å². The van der Waals surface area contributed by atoms with Crippen molar-refractivity contribution >= 4 is 32.8 Å². The topological polar surface area (TPSA) is 60.6 Å². The Bertz CT molecular complexity index is 1260. The fourth-order valence-electron chi connectivity index (χ4n) is 4.00. The van der Waals surface area contributed by atoms with Crippen LogP contribution in [-0.2, 0) is 11.2 Å². The molecule has 33 heavy (non-hydrogen) atoms. The zero-order valence-corrected chi connectivity index (χ0v) is 20.3. The van der Waals surface area contributed by atoms with E-state index in [-0.39, 0.29) is 5.97 Å². The molecule has 0 spiro atoms. The number of H-pyrrole nitrogens is 1. The van der Waals surface area contributed by atoms with Gasteiger partial charge in [0.05, 0.1) is 30.3 Å². The van der Waals surface area contributed by atoms with Gasteiger partial charge in [0.2, 0.25) is 0 Å². The van der Waals surface area contributed by atoms with Crippen molar-refractivity contribution < 1.29 is 19.0 Å². The summed E-state index contributed by atoms with van der Waals surface area (Å²) in [6.07, 6.45) is 1.42. The molecule has 0 fully saturated rings. The molecule has 0 amide bonds. The maximum absolute atomic E-state index is 12.8. The molecule has 4 rings (SSSR count). The molecule has 0 aliphatic carbocycles. The fourth-order valence-corrected chi connectivity index (χ4v) is 4.39. The molecule has 0 saturated carbocycles. The average Bonchev–Trinajstić information content (AvgIpc) is 3.22. The second kappa shape index (κ2) is 10.6. The predicted molar refractivity (Wildman–Crippen MR) is 134 cm³/mol. The number of rotatable bonds is 9. The fraction of sp³-hybridized carbons (Fsp3) is 0.222. The third kappa shape index (κ3) is 4.91. The molecule has 1 aromatic heterocycles. The van der Waals surface area contributed by atoms with Crippen molar-refractivity contribution in [1.82, 2.24) is 4.98 Å². The van der Waals surface area contributed by atoms with Crippen molar-refractivity contribution in [3.8, 4) is 22.6 Å². The molecule has 0 radical (unpaired) electrons. The summed E-state index contributed by atoms with van der Waals surface area (Å²) in [6.45, 7) is 2.66. The number of carbonyl (C=O) groups is 1. The van der Waals surface area contributed by atoms with E-state index < -0.39 is 0 Å². The lowest BCUT2D eigenvalue weighted by atomic mass is 9.99. The van der Waals surface area contributed by atoms with Crippen molar-refractivity contribution in [2.75, 3.05) is 20.3 Å². The number of aryl methyl sites for hydroxylation is 1. The second-order valence-corrected chi connectivity index (χ2v) is 8.36. The maximum atomic E-state index is 12.8. The van der Waals surface area contributed by atoms with Crippen LogP contribution in [0.5, 0.6) is 11.5 Å². The Morgan fingerprint density at radius 1 is 0.939 bits per heavy atom. The second-order valence-electron chi connectivity index (χ2n) is 7.51. The molecule has 1 heterocycles. The molecular formula is C27H26BrNO4. The zero-order valence-electron chi connectivity index (χ0n) is 18.7. The number of fused-ring (bicyclic) bond motifs is 1. The third-order valence-corrected chi connectivity index (χ3v) is 6.14. The summed E-state index contributed by atoms with van der Waals surface area (Å²) in [5.41, 5.74) is 4.27. The molecule has 0 saturated heterocycles. The first-order valence-electron chi connectivity index (χ1n) is 11.0. The van der Waals surface area contributed by atoms with E-state index in [0.29, 0.717) is 25.3 Å². The van der Waals surface area contributed by atoms with Crippen LogP contribution in [0.3, 0.4) is 0 Å². The van der Waals surface area contributed by atoms with Gasteiger partial charge in [0.1, 0.15) is 17.2 Å². The first-order valence-corrected chi connectivity index (χ1v) is 11.7. The number of hydrogen-bond acceptors (Lipinski definition) is 4. The number of aromatic amines is 1. The van der Waals surface area contributed by atoms with Crippen LogP contribution >= 0.6 is 15.9 Å². The standard InChI is InChI=1S/C27H26BrNO4/c1-3-32-27(30)26-21(13-9-17-33-24-16-7-5-14-22(24)28)20-12-8-11-19(25(20)29-26)18-10-4-6-15-23(18)31-2/h4-8,10-12,14-16,29H,3,9,13,17H2,1-2H3. The molecule has 0 atom stereocenters. The Kier molecular flexibility index (Phi) is 7.35. The van der Waals surface area contributed by atoms with E-state index in [9.17, 15) is 4.79 Å². The first-order chi connectivity index (χ1) is 16.1. The monoisotopic (exact) mass is 507 g/mol. The summed E-state index contributed by atoms with van der Waals surface area (Å²) in [5, 5.41) is 1.00. The van der Waals surface area contributed by atoms with Crippen molar-refractivity contribution in [2.24, 2.45) is 0 Å². The highest BCUT2D eigenvalue weighted by Gasteiger charge is 2.21. The number of hydrogen-bond donors (Lipinski definition) is 1. The number of aromatic nitrogens is 1. The van der Waals surface area contributed by atoms with E-state index in [4.69, 9.17) is 14.2 Å². The van der Waals surface area contributed by atoms with Crippen LogP contribution in [0.1, 0.15) is 29.4 Å². The minimum atomic E-state index is -0.346. The average molecular weight is 508 g/mol. The van der Waals surface area contributed by atoms with Crippen molar-refractivity contribution in [1.29, 1.82) is 0 Å². The summed E-state index contributed by atoms with van der Waals surface area (Å²) in [4.78, 5) is 16.1. The van der Waals surface area contributed by atoms with Crippen molar-refractivity contribution in [3.05, 3.63) is 82.5 Å². The molecule has 0 aliphatic rings. The van der Waals surface area contributed by atoms with E-state index in [1.54, 1.807) is 7.11 Å². The van der Waals surface area contributed by atoms with E-state index in [0.717, 1.165) is 50.0 Å². The van der Waals surface area contributed by atoms with Gasteiger partial charge in [0.25, 0.3) is 0 Å². The Morgan fingerprint density at radius 2 is 1.67 bits per heavy atom. The van der Waals surface area contributed by atoms with Gasteiger partial charge in [-0.25, -0.2) is 4.79 Å². The number of benzene rings is 3. The lowest BCUT2D eigenvalue weighted by Gasteiger charge is -2.10. The van der Waals surface area contributed by atoms with Crippen LogP contribution in [-0.4, -0.2) is 31.3 Å². The van der Waals surface area contributed by atoms with E-state index in [1.165, 1.54) is 0 Å².